The Labute approximate surface area is 141 Å². The molecule has 0 aromatic heterocycles. The molecular formula is C18H21N3O3. The third kappa shape index (κ3) is 5.01. The van der Waals surface area contributed by atoms with Crippen molar-refractivity contribution >= 4 is 17.8 Å². The second-order valence-corrected chi connectivity index (χ2v) is 5.10. The standard InChI is InChI=1S/C18H21N3O3/c1-13(20-15-6-10-17(24-3)11-7-15)18(22)21-19-12-14-4-8-16(23-2)9-5-14/h4-13,20H,1-3H3,(H,21,22). The smallest absolute Gasteiger partial charge is 0.262 e. The molecule has 0 saturated carbocycles. The first-order chi connectivity index (χ1) is 11.6. The van der Waals surface area contributed by atoms with Gasteiger partial charge in [0.05, 0.1) is 20.4 Å². The number of hydrazone groups is 1. The normalized spacial score (nSPS) is 11.8. The van der Waals surface area contributed by atoms with Crippen LogP contribution in [-0.4, -0.2) is 32.4 Å². The van der Waals surface area contributed by atoms with E-state index in [-0.39, 0.29) is 5.91 Å². The maximum atomic E-state index is 12.0. The summed E-state index contributed by atoms with van der Waals surface area (Å²) in [7, 11) is 3.22. The summed E-state index contributed by atoms with van der Waals surface area (Å²) in [4.78, 5) is 12.0. The van der Waals surface area contributed by atoms with E-state index in [4.69, 9.17) is 9.47 Å². The summed E-state index contributed by atoms with van der Waals surface area (Å²) < 4.78 is 10.2. The van der Waals surface area contributed by atoms with Crippen LogP contribution in [0.5, 0.6) is 11.5 Å². The van der Waals surface area contributed by atoms with Gasteiger partial charge in [-0.2, -0.15) is 5.10 Å². The molecule has 0 radical (unpaired) electrons. The van der Waals surface area contributed by atoms with Crippen molar-refractivity contribution in [3.8, 4) is 11.5 Å². The Bertz CT molecular complexity index is 682. The van der Waals surface area contributed by atoms with Gasteiger partial charge in [-0.15, -0.1) is 0 Å². The SMILES string of the molecule is COc1ccc(C=NNC(=O)C(C)Nc2ccc(OC)cc2)cc1. The van der Waals surface area contributed by atoms with E-state index in [2.05, 4.69) is 15.8 Å². The number of rotatable bonds is 7. The fourth-order valence-electron chi connectivity index (χ4n) is 1.96. The number of anilines is 1. The quantitative estimate of drug-likeness (QED) is 0.606. The van der Waals surface area contributed by atoms with Gasteiger partial charge in [0.15, 0.2) is 0 Å². The van der Waals surface area contributed by atoms with Crippen molar-refractivity contribution in [1.29, 1.82) is 0 Å². The van der Waals surface area contributed by atoms with Crippen molar-refractivity contribution < 1.29 is 14.3 Å². The topological polar surface area (TPSA) is 72.0 Å². The van der Waals surface area contributed by atoms with E-state index >= 15 is 0 Å². The summed E-state index contributed by atoms with van der Waals surface area (Å²) in [6.45, 7) is 1.77. The van der Waals surface area contributed by atoms with Crippen LogP contribution in [-0.2, 0) is 4.79 Å². The number of carbonyl (C=O) groups excluding carboxylic acids is 1. The fourth-order valence-corrected chi connectivity index (χ4v) is 1.96. The van der Waals surface area contributed by atoms with Crippen LogP contribution in [0.2, 0.25) is 0 Å². The molecule has 0 aliphatic heterocycles. The van der Waals surface area contributed by atoms with E-state index in [9.17, 15) is 4.79 Å². The molecule has 2 rings (SSSR count). The Kier molecular flexibility index (Phi) is 6.19. The van der Waals surface area contributed by atoms with E-state index in [1.165, 1.54) is 0 Å². The van der Waals surface area contributed by atoms with Gasteiger partial charge in [-0.25, -0.2) is 5.43 Å². The molecule has 2 aromatic rings. The van der Waals surface area contributed by atoms with Gasteiger partial charge >= 0.3 is 0 Å². The van der Waals surface area contributed by atoms with Gasteiger partial charge in [0, 0.05) is 5.69 Å². The Hall–Kier alpha value is -3.02. The number of benzene rings is 2. The number of nitrogens with zero attached hydrogens (tertiary/aromatic N) is 1. The van der Waals surface area contributed by atoms with Crippen LogP contribution in [0.25, 0.3) is 0 Å². The number of amides is 1. The maximum absolute atomic E-state index is 12.0. The molecule has 6 heteroatoms. The van der Waals surface area contributed by atoms with Gasteiger partial charge in [0.1, 0.15) is 17.5 Å². The van der Waals surface area contributed by atoms with Crippen LogP contribution < -0.4 is 20.2 Å². The van der Waals surface area contributed by atoms with Gasteiger partial charge in [0.2, 0.25) is 0 Å². The first-order valence-electron chi connectivity index (χ1n) is 7.50. The summed E-state index contributed by atoms with van der Waals surface area (Å²) in [5.41, 5.74) is 4.21. The summed E-state index contributed by atoms with van der Waals surface area (Å²) in [6.07, 6.45) is 1.58. The number of methoxy groups -OCH3 is 2. The second kappa shape index (κ2) is 8.57. The van der Waals surface area contributed by atoms with E-state index in [0.29, 0.717) is 0 Å². The molecule has 1 unspecified atom stereocenters. The highest BCUT2D eigenvalue weighted by Crippen LogP contribution is 2.15. The largest absolute Gasteiger partial charge is 0.497 e. The predicted molar refractivity (Wildman–Crippen MR) is 94.8 cm³/mol. The highest BCUT2D eigenvalue weighted by atomic mass is 16.5. The lowest BCUT2D eigenvalue weighted by Gasteiger charge is -2.13. The van der Waals surface area contributed by atoms with E-state index in [1.807, 2.05) is 48.5 Å². The van der Waals surface area contributed by atoms with Gasteiger partial charge in [-0.3, -0.25) is 4.79 Å². The third-order valence-corrected chi connectivity index (χ3v) is 3.37. The van der Waals surface area contributed by atoms with Gasteiger partial charge in [-0.05, 0) is 61.0 Å². The van der Waals surface area contributed by atoms with E-state index in [1.54, 1.807) is 27.4 Å². The van der Waals surface area contributed by atoms with E-state index in [0.717, 1.165) is 22.7 Å². The molecule has 2 N–H and O–H groups in total. The zero-order valence-corrected chi connectivity index (χ0v) is 13.9. The minimum Gasteiger partial charge on any atom is -0.497 e. The van der Waals surface area contributed by atoms with Crippen LogP contribution in [0.1, 0.15) is 12.5 Å². The Morgan fingerprint density at radius 3 is 2.08 bits per heavy atom. The lowest BCUT2D eigenvalue weighted by atomic mass is 10.2. The Balaban J connectivity index is 1.84. The van der Waals surface area contributed by atoms with Crippen molar-refractivity contribution in [2.24, 2.45) is 5.10 Å². The Morgan fingerprint density at radius 2 is 1.54 bits per heavy atom. The predicted octanol–water partition coefficient (Wildman–Crippen LogP) is 2.65. The number of hydrogen-bond donors (Lipinski definition) is 2. The molecule has 0 saturated heterocycles. The molecule has 0 aliphatic carbocycles. The number of ether oxygens (including phenoxy) is 2. The Morgan fingerprint density at radius 1 is 1.00 bits per heavy atom. The highest BCUT2D eigenvalue weighted by Gasteiger charge is 2.11. The van der Waals surface area contributed by atoms with Crippen LogP contribution in [0.15, 0.2) is 53.6 Å². The average molecular weight is 327 g/mol. The molecule has 1 atom stereocenters. The van der Waals surface area contributed by atoms with Crippen LogP contribution in [0.3, 0.4) is 0 Å². The van der Waals surface area contributed by atoms with Crippen molar-refractivity contribution in [2.75, 3.05) is 19.5 Å². The molecule has 0 fully saturated rings. The van der Waals surface area contributed by atoms with Gasteiger partial charge in [0.25, 0.3) is 5.91 Å². The van der Waals surface area contributed by atoms with Crippen LogP contribution in [0, 0.1) is 0 Å². The summed E-state index contributed by atoms with van der Waals surface area (Å²) in [5.74, 6) is 1.31. The monoisotopic (exact) mass is 327 g/mol. The highest BCUT2D eigenvalue weighted by molar-refractivity contribution is 5.86. The molecule has 0 aliphatic rings. The van der Waals surface area contributed by atoms with Crippen LogP contribution >= 0.6 is 0 Å². The second-order valence-electron chi connectivity index (χ2n) is 5.10. The molecule has 0 bridgehead atoms. The summed E-state index contributed by atoms with van der Waals surface area (Å²) >= 11 is 0. The lowest BCUT2D eigenvalue weighted by molar-refractivity contribution is -0.121. The molecule has 1 amide bonds. The molecule has 24 heavy (non-hydrogen) atoms. The number of nitrogens with one attached hydrogen (secondary N) is 2. The van der Waals surface area contributed by atoms with Gasteiger partial charge < -0.3 is 14.8 Å². The maximum Gasteiger partial charge on any atom is 0.262 e. The van der Waals surface area contributed by atoms with Crippen LogP contribution in [0.4, 0.5) is 5.69 Å². The number of carbonyl (C=O) groups is 1. The molecule has 0 heterocycles. The zero-order valence-electron chi connectivity index (χ0n) is 13.9. The summed E-state index contributed by atoms with van der Waals surface area (Å²) in [6, 6.07) is 14.3. The number of hydrogen-bond acceptors (Lipinski definition) is 5. The van der Waals surface area contributed by atoms with Crippen molar-refractivity contribution in [3.05, 3.63) is 54.1 Å². The molecular weight excluding hydrogens is 306 g/mol. The molecule has 2 aromatic carbocycles. The van der Waals surface area contributed by atoms with Crippen molar-refractivity contribution in [3.63, 3.8) is 0 Å². The first kappa shape index (κ1) is 17.3. The molecule has 126 valence electrons. The average Bonchev–Trinajstić information content (AvgIpc) is 2.62. The van der Waals surface area contributed by atoms with E-state index < -0.39 is 6.04 Å². The minimum absolute atomic E-state index is 0.226. The van der Waals surface area contributed by atoms with Crippen molar-refractivity contribution in [2.45, 2.75) is 13.0 Å². The lowest BCUT2D eigenvalue weighted by Crippen LogP contribution is -2.34. The molecule has 0 spiro atoms. The minimum atomic E-state index is -0.425. The van der Waals surface area contributed by atoms with Crippen molar-refractivity contribution in [1.82, 2.24) is 5.43 Å². The fraction of sp³-hybridized carbons (Fsp3) is 0.222. The first-order valence-corrected chi connectivity index (χ1v) is 7.50. The molecule has 6 nitrogen and oxygen atoms in total. The summed E-state index contributed by atoms with van der Waals surface area (Å²) in [5, 5.41) is 7.06. The van der Waals surface area contributed by atoms with Gasteiger partial charge in [-0.1, -0.05) is 0 Å². The zero-order chi connectivity index (χ0) is 17.4. The third-order valence-electron chi connectivity index (χ3n) is 3.37.